The normalized spacial score (nSPS) is 22.2. The molecular formula is C17H27IN4O. The third-order valence-electron chi connectivity index (χ3n) is 4.42. The van der Waals surface area contributed by atoms with Crippen molar-refractivity contribution < 1.29 is 5.11 Å². The van der Waals surface area contributed by atoms with Crippen molar-refractivity contribution >= 4 is 29.9 Å². The molecule has 0 radical (unpaired) electrons. The van der Waals surface area contributed by atoms with Crippen molar-refractivity contribution in [1.82, 2.24) is 15.5 Å². The van der Waals surface area contributed by atoms with Crippen molar-refractivity contribution in [3.8, 4) is 0 Å². The quantitative estimate of drug-likeness (QED) is 0.637. The third-order valence-corrected chi connectivity index (χ3v) is 4.42. The molecule has 2 aliphatic rings. The number of piperidine rings is 1. The Morgan fingerprint density at radius 2 is 1.96 bits per heavy atom. The van der Waals surface area contributed by atoms with Crippen molar-refractivity contribution in [3.63, 3.8) is 0 Å². The van der Waals surface area contributed by atoms with Crippen molar-refractivity contribution in [1.29, 1.82) is 0 Å². The predicted octanol–water partition coefficient (Wildman–Crippen LogP) is 1.70. The number of nitrogens with one attached hydrogen (secondary N) is 2. The Balaban J connectivity index is 0.00000192. The van der Waals surface area contributed by atoms with Gasteiger partial charge in [0.2, 0.25) is 0 Å². The maximum Gasteiger partial charge on any atom is 0.191 e. The second kappa shape index (κ2) is 8.84. The fraction of sp³-hybridized carbons (Fsp3) is 0.588. The minimum Gasteiger partial charge on any atom is -0.393 e. The van der Waals surface area contributed by atoms with Crippen LogP contribution in [0.5, 0.6) is 0 Å². The molecule has 5 nitrogen and oxygen atoms in total. The van der Waals surface area contributed by atoms with Gasteiger partial charge >= 0.3 is 0 Å². The lowest BCUT2D eigenvalue weighted by molar-refractivity contribution is 0.0791. The monoisotopic (exact) mass is 430 g/mol. The number of benzene rings is 1. The van der Waals surface area contributed by atoms with Crippen LogP contribution in [0.4, 0.5) is 0 Å². The van der Waals surface area contributed by atoms with Crippen LogP contribution in [0.2, 0.25) is 0 Å². The van der Waals surface area contributed by atoms with Crippen molar-refractivity contribution in [2.75, 3.05) is 19.6 Å². The van der Waals surface area contributed by atoms with E-state index in [0.717, 1.165) is 51.5 Å². The largest absolute Gasteiger partial charge is 0.393 e. The lowest BCUT2D eigenvalue weighted by Crippen LogP contribution is -2.38. The van der Waals surface area contributed by atoms with Crippen LogP contribution in [-0.2, 0) is 13.1 Å². The Morgan fingerprint density at radius 3 is 2.61 bits per heavy atom. The van der Waals surface area contributed by atoms with Crippen LogP contribution < -0.4 is 10.6 Å². The molecule has 3 rings (SSSR count). The SMILES string of the molecule is CC1CN=C(NCc2ccccc2CN2CCC(O)CC2)N1.I. The van der Waals surface area contributed by atoms with E-state index < -0.39 is 0 Å². The molecule has 1 aromatic rings. The molecule has 1 unspecified atom stereocenters. The molecule has 1 saturated heterocycles. The highest BCUT2D eigenvalue weighted by Crippen LogP contribution is 2.16. The van der Waals surface area contributed by atoms with Gasteiger partial charge < -0.3 is 15.7 Å². The van der Waals surface area contributed by atoms with E-state index in [-0.39, 0.29) is 30.1 Å². The van der Waals surface area contributed by atoms with Gasteiger partial charge in [0, 0.05) is 32.2 Å². The number of guanidine groups is 1. The molecule has 1 fully saturated rings. The van der Waals surface area contributed by atoms with E-state index in [1.807, 2.05) is 0 Å². The number of aliphatic imine (C=N–C) groups is 1. The summed E-state index contributed by atoms with van der Waals surface area (Å²) in [5.41, 5.74) is 2.68. The molecule has 1 aromatic carbocycles. The Morgan fingerprint density at radius 1 is 1.26 bits per heavy atom. The number of nitrogens with zero attached hydrogens (tertiary/aromatic N) is 2. The zero-order valence-corrected chi connectivity index (χ0v) is 16.0. The standard InChI is InChI=1S/C17H26N4O.HI/c1-13-10-18-17(20-13)19-11-14-4-2-3-5-15(14)12-21-8-6-16(22)7-9-21;/h2-5,13,16,22H,6-12H2,1H3,(H2,18,19,20);1H. The molecule has 0 saturated carbocycles. The van der Waals surface area contributed by atoms with E-state index >= 15 is 0 Å². The van der Waals surface area contributed by atoms with E-state index in [0.29, 0.717) is 6.04 Å². The van der Waals surface area contributed by atoms with Crippen LogP contribution in [0, 0.1) is 0 Å². The summed E-state index contributed by atoms with van der Waals surface area (Å²) in [5, 5.41) is 16.3. The number of rotatable bonds is 4. The van der Waals surface area contributed by atoms with Gasteiger partial charge in [-0.1, -0.05) is 24.3 Å². The topological polar surface area (TPSA) is 59.9 Å². The lowest BCUT2D eigenvalue weighted by Gasteiger charge is -2.30. The number of hydrogen-bond acceptors (Lipinski definition) is 5. The van der Waals surface area contributed by atoms with Crippen LogP contribution in [-0.4, -0.2) is 47.7 Å². The first-order chi connectivity index (χ1) is 10.7. The summed E-state index contributed by atoms with van der Waals surface area (Å²) in [5.74, 6) is 0.906. The fourth-order valence-corrected chi connectivity index (χ4v) is 3.04. The van der Waals surface area contributed by atoms with Gasteiger partial charge in [0.05, 0.1) is 12.6 Å². The summed E-state index contributed by atoms with van der Waals surface area (Å²) in [4.78, 5) is 6.87. The van der Waals surface area contributed by atoms with Gasteiger partial charge in [-0.25, -0.2) is 0 Å². The molecule has 23 heavy (non-hydrogen) atoms. The summed E-state index contributed by atoms with van der Waals surface area (Å²) in [7, 11) is 0. The van der Waals surface area contributed by atoms with E-state index in [2.05, 4.69) is 51.7 Å². The highest BCUT2D eigenvalue weighted by Gasteiger charge is 2.18. The molecular weight excluding hydrogens is 403 g/mol. The summed E-state index contributed by atoms with van der Waals surface area (Å²) in [6.07, 6.45) is 1.67. The molecule has 2 heterocycles. The van der Waals surface area contributed by atoms with Gasteiger partial charge in [-0.2, -0.15) is 0 Å². The molecule has 0 bridgehead atoms. The summed E-state index contributed by atoms with van der Waals surface area (Å²) in [6, 6.07) is 9.00. The summed E-state index contributed by atoms with van der Waals surface area (Å²) < 4.78 is 0. The minimum absolute atomic E-state index is 0. The second-order valence-corrected chi connectivity index (χ2v) is 6.36. The first kappa shape index (κ1) is 18.5. The number of hydrogen-bond donors (Lipinski definition) is 3. The smallest absolute Gasteiger partial charge is 0.191 e. The average Bonchev–Trinajstić information content (AvgIpc) is 2.94. The van der Waals surface area contributed by atoms with Gasteiger partial charge in [0.25, 0.3) is 0 Å². The van der Waals surface area contributed by atoms with Gasteiger partial charge in [0.1, 0.15) is 0 Å². The molecule has 1 atom stereocenters. The van der Waals surface area contributed by atoms with E-state index in [9.17, 15) is 5.11 Å². The molecule has 0 spiro atoms. The second-order valence-electron chi connectivity index (χ2n) is 6.36. The molecule has 0 aliphatic carbocycles. The van der Waals surface area contributed by atoms with Crippen LogP contribution in [0.15, 0.2) is 29.3 Å². The molecule has 3 N–H and O–H groups in total. The molecule has 6 heteroatoms. The van der Waals surface area contributed by atoms with Crippen LogP contribution in [0.3, 0.4) is 0 Å². The van der Waals surface area contributed by atoms with Gasteiger partial charge in [-0.15, -0.1) is 24.0 Å². The predicted molar refractivity (Wildman–Crippen MR) is 104 cm³/mol. The zero-order chi connectivity index (χ0) is 15.4. The maximum absolute atomic E-state index is 9.62. The first-order valence-electron chi connectivity index (χ1n) is 8.23. The number of halogens is 1. The van der Waals surface area contributed by atoms with E-state index in [4.69, 9.17) is 0 Å². The Kier molecular flexibility index (Phi) is 7.10. The molecule has 0 amide bonds. The van der Waals surface area contributed by atoms with Crippen LogP contribution in [0.25, 0.3) is 0 Å². The van der Waals surface area contributed by atoms with Crippen LogP contribution >= 0.6 is 24.0 Å². The van der Waals surface area contributed by atoms with Gasteiger partial charge in [0.15, 0.2) is 5.96 Å². The fourth-order valence-electron chi connectivity index (χ4n) is 3.04. The van der Waals surface area contributed by atoms with Gasteiger partial charge in [-0.05, 0) is 30.9 Å². The first-order valence-corrected chi connectivity index (χ1v) is 8.23. The van der Waals surface area contributed by atoms with E-state index in [1.165, 1.54) is 11.1 Å². The Hall–Kier alpha value is -0.860. The van der Waals surface area contributed by atoms with E-state index in [1.54, 1.807) is 0 Å². The zero-order valence-electron chi connectivity index (χ0n) is 13.7. The Labute approximate surface area is 155 Å². The summed E-state index contributed by atoms with van der Waals surface area (Å²) in [6.45, 7) is 6.70. The van der Waals surface area contributed by atoms with Crippen molar-refractivity contribution in [2.24, 2.45) is 4.99 Å². The summed E-state index contributed by atoms with van der Waals surface area (Å²) >= 11 is 0. The molecule has 128 valence electrons. The highest BCUT2D eigenvalue weighted by molar-refractivity contribution is 14.0. The Bertz CT molecular complexity index is 529. The molecule has 2 aliphatic heterocycles. The molecule has 0 aromatic heterocycles. The minimum atomic E-state index is -0.110. The lowest BCUT2D eigenvalue weighted by atomic mass is 10.0. The van der Waals surface area contributed by atoms with Crippen molar-refractivity contribution in [2.45, 2.75) is 45.0 Å². The maximum atomic E-state index is 9.62. The van der Waals surface area contributed by atoms with Crippen molar-refractivity contribution in [3.05, 3.63) is 35.4 Å². The average molecular weight is 430 g/mol. The van der Waals surface area contributed by atoms with Crippen LogP contribution in [0.1, 0.15) is 30.9 Å². The number of aliphatic hydroxyl groups excluding tert-OH is 1. The number of likely N-dealkylation sites (tertiary alicyclic amines) is 1. The third kappa shape index (κ3) is 5.32. The number of aliphatic hydroxyl groups is 1. The highest BCUT2D eigenvalue weighted by atomic mass is 127. The van der Waals surface area contributed by atoms with Gasteiger partial charge in [-0.3, -0.25) is 9.89 Å².